The lowest BCUT2D eigenvalue weighted by atomic mass is 10.1. The van der Waals surface area contributed by atoms with Crippen molar-refractivity contribution in [3.05, 3.63) is 0 Å². The highest BCUT2D eigenvalue weighted by Crippen LogP contribution is 2.12. The van der Waals surface area contributed by atoms with Crippen molar-refractivity contribution in [2.24, 2.45) is 5.73 Å². The third-order valence-electron chi connectivity index (χ3n) is 3.25. The Balaban J connectivity index is 4.46. The number of likely N-dealkylation sites (N-methyl/N-ethyl adjacent to an activating group) is 1. The van der Waals surface area contributed by atoms with Gasteiger partial charge in [0.05, 0.1) is 0 Å². The summed E-state index contributed by atoms with van der Waals surface area (Å²) in [6, 6.07) is -0.703. The van der Waals surface area contributed by atoms with Crippen LogP contribution in [0, 0.1) is 0 Å². The van der Waals surface area contributed by atoms with E-state index in [1.54, 1.807) is 0 Å². The number of carboxylic acid groups (broad SMARTS) is 1. The van der Waals surface area contributed by atoms with E-state index < -0.39 is 12.0 Å². The van der Waals surface area contributed by atoms with Crippen molar-refractivity contribution in [2.45, 2.75) is 64.8 Å². The largest absolute Gasteiger partial charge is 0.480 e. The minimum atomic E-state index is -0.914. The molecule has 0 rings (SSSR count). The van der Waals surface area contributed by atoms with Crippen molar-refractivity contribution >= 4 is 11.9 Å². The molecule has 0 aliphatic carbocycles. The zero-order valence-corrected chi connectivity index (χ0v) is 12.2. The van der Waals surface area contributed by atoms with E-state index >= 15 is 0 Å². The average molecular weight is 272 g/mol. The van der Waals surface area contributed by atoms with Crippen LogP contribution in [0.25, 0.3) is 0 Å². The maximum absolute atomic E-state index is 12.1. The van der Waals surface area contributed by atoms with Crippen LogP contribution in [0.15, 0.2) is 0 Å². The number of rotatable bonds is 11. The first kappa shape index (κ1) is 17.9. The molecule has 19 heavy (non-hydrogen) atoms. The van der Waals surface area contributed by atoms with Crippen LogP contribution < -0.4 is 5.73 Å². The molecule has 0 aromatic heterocycles. The molecule has 0 spiro atoms. The van der Waals surface area contributed by atoms with Crippen LogP contribution in [-0.4, -0.2) is 41.0 Å². The Kier molecular flexibility index (Phi) is 10.2. The first-order valence-corrected chi connectivity index (χ1v) is 7.30. The third-order valence-corrected chi connectivity index (χ3v) is 3.25. The number of nitrogens with zero attached hydrogens (tertiary/aromatic N) is 1. The van der Waals surface area contributed by atoms with Crippen LogP contribution in [0.2, 0.25) is 0 Å². The summed E-state index contributed by atoms with van der Waals surface area (Å²) in [5, 5.41) is 9.27. The number of hydrogen-bond acceptors (Lipinski definition) is 3. The highest BCUT2D eigenvalue weighted by Gasteiger charge is 2.27. The highest BCUT2D eigenvalue weighted by atomic mass is 16.4. The minimum absolute atomic E-state index is 0.0453. The van der Waals surface area contributed by atoms with Crippen LogP contribution >= 0.6 is 0 Å². The molecule has 112 valence electrons. The fourth-order valence-electron chi connectivity index (χ4n) is 2.14. The van der Waals surface area contributed by atoms with Gasteiger partial charge in [0.1, 0.15) is 6.04 Å². The second kappa shape index (κ2) is 10.8. The number of carbonyl (C=O) groups excluding carboxylic acids is 1. The van der Waals surface area contributed by atoms with Gasteiger partial charge in [-0.05, 0) is 39.2 Å². The van der Waals surface area contributed by atoms with Crippen molar-refractivity contribution in [2.75, 3.05) is 13.1 Å². The van der Waals surface area contributed by atoms with Gasteiger partial charge < -0.3 is 15.7 Å². The fraction of sp³-hybridized carbons (Fsp3) is 0.857. The lowest BCUT2D eigenvalue weighted by molar-refractivity contribution is -0.150. The number of carboxylic acids is 1. The molecule has 1 amide bonds. The molecule has 0 fully saturated rings. The summed E-state index contributed by atoms with van der Waals surface area (Å²) in [5.41, 5.74) is 5.41. The van der Waals surface area contributed by atoms with Crippen LogP contribution in [0.5, 0.6) is 0 Å². The molecule has 1 atom stereocenters. The average Bonchev–Trinajstić information content (AvgIpc) is 2.38. The standard InChI is InChI=1S/C14H28N2O3/c1-3-5-6-10-13(17)16(4-2)12(14(18)19)9-7-8-11-15/h12H,3-11,15H2,1-2H3,(H,18,19)/t12-/m0/s1. The number of carbonyl (C=O) groups is 2. The fourth-order valence-corrected chi connectivity index (χ4v) is 2.14. The summed E-state index contributed by atoms with van der Waals surface area (Å²) in [7, 11) is 0. The molecular weight excluding hydrogens is 244 g/mol. The van der Waals surface area contributed by atoms with Gasteiger partial charge in [-0.15, -0.1) is 0 Å². The Bertz CT molecular complexity index is 269. The Hall–Kier alpha value is -1.10. The number of aliphatic carboxylic acids is 1. The first-order valence-electron chi connectivity index (χ1n) is 7.30. The van der Waals surface area contributed by atoms with E-state index in [9.17, 15) is 14.7 Å². The molecule has 0 saturated heterocycles. The summed E-state index contributed by atoms with van der Waals surface area (Å²) >= 11 is 0. The van der Waals surface area contributed by atoms with Crippen LogP contribution in [0.1, 0.15) is 58.8 Å². The first-order chi connectivity index (χ1) is 9.08. The van der Waals surface area contributed by atoms with Crippen molar-refractivity contribution < 1.29 is 14.7 Å². The van der Waals surface area contributed by atoms with Crippen molar-refractivity contribution in [1.82, 2.24) is 4.90 Å². The van der Waals surface area contributed by atoms with E-state index in [2.05, 4.69) is 6.92 Å². The van der Waals surface area contributed by atoms with Crippen LogP contribution in [0.3, 0.4) is 0 Å². The minimum Gasteiger partial charge on any atom is -0.480 e. The third kappa shape index (κ3) is 7.15. The Morgan fingerprint density at radius 2 is 1.84 bits per heavy atom. The van der Waals surface area contributed by atoms with E-state index in [0.717, 1.165) is 32.1 Å². The Morgan fingerprint density at radius 3 is 2.32 bits per heavy atom. The van der Waals surface area contributed by atoms with Gasteiger partial charge in [0, 0.05) is 13.0 Å². The molecule has 5 nitrogen and oxygen atoms in total. The van der Waals surface area contributed by atoms with Crippen molar-refractivity contribution in [1.29, 1.82) is 0 Å². The Morgan fingerprint density at radius 1 is 1.16 bits per heavy atom. The van der Waals surface area contributed by atoms with Crippen molar-refractivity contribution in [3.8, 4) is 0 Å². The molecule has 0 aromatic carbocycles. The zero-order valence-electron chi connectivity index (χ0n) is 12.2. The van der Waals surface area contributed by atoms with E-state index in [-0.39, 0.29) is 5.91 Å². The lowest BCUT2D eigenvalue weighted by Gasteiger charge is -2.28. The van der Waals surface area contributed by atoms with Gasteiger partial charge in [0.25, 0.3) is 0 Å². The molecule has 0 unspecified atom stereocenters. The molecule has 5 heteroatoms. The maximum Gasteiger partial charge on any atom is 0.326 e. The van der Waals surface area contributed by atoms with Gasteiger partial charge in [-0.3, -0.25) is 4.79 Å². The number of nitrogens with two attached hydrogens (primary N) is 1. The number of amides is 1. The van der Waals surface area contributed by atoms with Gasteiger partial charge in [-0.25, -0.2) is 4.79 Å². The molecule has 3 N–H and O–H groups in total. The summed E-state index contributed by atoms with van der Waals surface area (Å²) in [6.07, 6.45) is 5.37. The van der Waals surface area contributed by atoms with Gasteiger partial charge in [0.2, 0.25) is 5.91 Å². The van der Waals surface area contributed by atoms with Gasteiger partial charge in [-0.2, -0.15) is 0 Å². The summed E-state index contributed by atoms with van der Waals surface area (Å²) in [6.45, 7) is 4.92. The number of hydrogen-bond donors (Lipinski definition) is 2. The number of unbranched alkanes of at least 4 members (excludes halogenated alkanes) is 3. The molecule has 0 aliphatic heterocycles. The SMILES string of the molecule is CCCCCC(=O)N(CC)[C@@H](CCCCN)C(=O)O. The molecule has 0 bridgehead atoms. The normalized spacial score (nSPS) is 12.2. The predicted octanol–water partition coefficient (Wildman–Crippen LogP) is 2.00. The molecule has 0 radical (unpaired) electrons. The van der Waals surface area contributed by atoms with Crippen LogP contribution in [0.4, 0.5) is 0 Å². The Labute approximate surface area is 116 Å². The summed E-state index contributed by atoms with van der Waals surface area (Å²) in [5.74, 6) is -0.959. The second-order valence-electron chi connectivity index (χ2n) is 4.78. The smallest absolute Gasteiger partial charge is 0.326 e. The monoisotopic (exact) mass is 272 g/mol. The lowest BCUT2D eigenvalue weighted by Crippen LogP contribution is -2.45. The molecule has 0 saturated carbocycles. The van der Waals surface area contributed by atoms with Gasteiger partial charge in [0.15, 0.2) is 0 Å². The van der Waals surface area contributed by atoms with E-state index in [1.165, 1.54) is 4.90 Å². The van der Waals surface area contributed by atoms with E-state index in [4.69, 9.17) is 5.73 Å². The van der Waals surface area contributed by atoms with Gasteiger partial charge in [-0.1, -0.05) is 19.8 Å². The quantitative estimate of drug-likeness (QED) is 0.563. The molecular formula is C14H28N2O3. The highest BCUT2D eigenvalue weighted by molar-refractivity contribution is 5.83. The maximum atomic E-state index is 12.1. The molecule has 0 aliphatic rings. The predicted molar refractivity (Wildman–Crippen MR) is 75.9 cm³/mol. The van der Waals surface area contributed by atoms with Crippen LogP contribution in [-0.2, 0) is 9.59 Å². The zero-order chi connectivity index (χ0) is 14.7. The van der Waals surface area contributed by atoms with E-state index in [0.29, 0.717) is 25.9 Å². The second-order valence-corrected chi connectivity index (χ2v) is 4.78. The van der Waals surface area contributed by atoms with Crippen molar-refractivity contribution in [3.63, 3.8) is 0 Å². The molecule has 0 heterocycles. The summed E-state index contributed by atoms with van der Waals surface area (Å²) < 4.78 is 0. The topological polar surface area (TPSA) is 83.6 Å². The summed E-state index contributed by atoms with van der Waals surface area (Å²) in [4.78, 5) is 24.9. The van der Waals surface area contributed by atoms with E-state index in [1.807, 2.05) is 6.92 Å². The molecule has 0 aromatic rings. The van der Waals surface area contributed by atoms with Gasteiger partial charge >= 0.3 is 5.97 Å².